The third kappa shape index (κ3) is 5.56. The first-order valence-electron chi connectivity index (χ1n) is 13.1. The Morgan fingerprint density at radius 3 is 2.83 bits per heavy atom. The minimum absolute atomic E-state index is 0.139. The highest BCUT2D eigenvalue weighted by Crippen LogP contribution is 2.34. The van der Waals surface area contributed by atoms with Crippen LogP contribution in [0.3, 0.4) is 0 Å². The number of halogens is 1. The second-order valence-electron chi connectivity index (χ2n) is 10.2. The van der Waals surface area contributed by atoms with Gasteiger partial charge >= 0.3 is 0 Å². The van der Waals surface area contributed by atoms with Crippen LogP contribution in [0.4, 0.5) is 4.39 Å². The summed E-state index contributed by atoms with van der Waals surface area (Å²) in [5.41, 5.74) is 3.70. The van der Waals surface area contributed by atoms with E-state index < -0.39 is 0 Å². The monoisotopic (exact) mass is 474 g/mol. The zero-order chi connectivity index (χ0) is 24.2. The van der Waals surface area contributed by atoms with Crippen LogP contribution in [-0.4, -0.2) is 35.3 Å². The predicted molar refractivity (Wildman–Crippen MR) is 138 cm³/mol. The van der Waals surface area contributed by atoms with Gasteiger partial charge < -0.3 is 4.42 Å². The molecule has 35 heavy (non-hydrogen) atoms. The lowest BCUT2D eigenvalue weighted by molar-refractivity contribution is -0.125. The minimum atomic E-state index is -0.227. The van der Waals surface area contributed by atoms with Gasteiger partial charge in [-0.15, -0.1) is 0 Å². The fourth-order valence-corrected chi connectivity index (χ4v) is 5.86. The fraction of sp³-hybridized carbons (Fsp3) is 0.467. The summed E-state index contributed by atoms with van der Waals surface area (Å²) in [6.45, 7) is 4.50. The molecule has 1 aromatic carbocycles. The van der Waals surface area contributed by atoms with Crippen molar-refractivity contribution in [2.45, 2.75) is 64.2 Å². The molecule has 3 heterocycles. The van der Waals surface area contributed by atoms with E-state index in [4.69, 9.17) is 4.42 Å². The smallest absolute Gasteiger partial charge is 0.145 e. The molecule has 1 aliphatic heterocycles. The van der Waals surface area contributed by atoms with E-state index in [1.165, 1.54) is 6.42 Å². The maximum Gasteiger partial charge on any atom is 0.145 e. The highest BCUT2D eigenvalue weighted by molar-refractivity contribution is 5.90. The molecule has 0 amide bonds. The number of pyridine rings is 1. The molecular formula is C30H35FN2O2. The van der Waals surface area contributed by atoms with Crippen LogP contribution in [0, 0.1) is 18.7 Å². The molecule has 2 aromatic heterocycles. The normalized spacial score (nSPS) is 18.9. The average Bonchev–Trinajstić information content (AvgIpc) is 3.09. The van der Waals surface area contributed by atoms with Crippen molar-refractivity contribution in [2.75, 3.05) is 19.6 Å². The SMILES string of the molecule is Cc1cc2cc(F)cc(C3=CCN(CCC(C(=O)C4CCCCC4)c4ccccn4)CCC3)c2o1. The molecule has 5 heteroatoms. The number of carbonyl (C=O) groups is 1. The van der Waals surface area contributed by atoms with Crippen molar-refractivity contribution in [3.8, 4) is 0 Å². The topological polar surface area (TPSA) is 46.3 Å². The molecule has 0 saturated heterocycles. The number of hydrogen-bond acceptors (Lipinski definition) is 4. The molecule has 1 saturated carbocycles. The predicted octanol–water partition coefficient (Wildman–Crippen LogP) is 7.08. The fourth-order valence-electron chi connectivity index (χ4n) is 5.86. The molecule has 1 fully saturated rings. The Hall–Kier alpha value is -2.79. The van der Waals surface area contributed by atoms with Crippen molar-refractivity contribution in [1.29, 1.82) is 0 Å². The first-order chi connectivity index (χ1) is 17.1. The van der Waals surface area contributed by atoms with Gasteiger partial charge in [-0.3, -0.25) is 14.7 Å². The zero-order valence-corrected chi connectivity index (χ0v) is 20.6. The van der Waals surface area contributed by atoms with Crippen molar-refractivity contribution in [3.05, 3.63) is 71.5 Å². The van der Waals surface area contributed by atoms with E-state index in [0.29, 0.717) is 5.78 Å². The summed E-state index contributed by atoms with van der Waals surface area (Å²) in [5.74, 6) is 0.990. The Bertz CT molecular complexity index is 1190. The summed E-state index contributed by atoms with van der Waals surface area (Å²) < 4.78 is 20.2. The Morgan fingerprint density at radius 1 is 1.17 bits per heavy atom. The van der Waals surface area contributed by atoms with E-state index in [0.717, 1.165) is 98.1 Å². The van der Waals surface area contributed by atoms with E-state index in [9.17, 15) is 9.18 Å². The first kappa shape index (κ1) is 23.9. The van der Waals surface area contributed by atoms with Crippen LogP contribution in [-0.2, 0) is 4.79 Å². The second-order valence-corrected chi connectivity index (χ2v) is 10.2. The standard InChI is InChI=1S/C30H35FN2O2/c1-21-18-24-19-25(31)20-27(30(24)35-21)22-10-7-15-33(16-12-22)17-13-26(28-11-5-6-14-32-28)29(34)23-8-3-2-4-9-23/h5-6,11-12,14,18-20,23,26H,2-4,7-10,13,15-17H2,1H3. The maximum absolute atomic E-state index is 14.3. The van der Waals surface area contributed by atoms with Gasteiger partial charge in [0.25, 0.3) is 0 Å². The number of Topliss-reactive ketones (excluding diaryl/α,β-unsaturated/α-hetero) is 1. The van der Waals surface area contributed by atoms with E-state index in [-0.39, 0.29) is 17.7 Å². The molecule has 184 valence electrons. The van der Waals surface area contributed by atoms with Gasteiger partial charge in [-0.2, -0.15) is 0 Å². The highest BCUT2D eigenvalue weighted by atomic mass is 19.1. The summed E-state index contributed by atoms with van der Waals surface area (Å²) in [5, 5.41) is 0.818. The number of fused-ring (bicyclic) bond motifs is 1. The van der Waals surface area contributed by atoms with Gasteiger partial charge in [0.15, 0.2) is 0 Å². The van der Waals surface area contributed by atoms with Crippen molar-refractivity contribution >= 4 is 22.3 Å². The van der Waals surface area contributed by atoms with Gasteiger partial charge in [-0.1, -0.05) is 31.4 Å². The minimum Gasteiger partial charge on any atom is -0.461 e. The van der Waals surface area contributed by atoms with Gasteiger partial charge in [0, 0.05) is 29.6 Å². The largest absolute Gasteiger partial charge is 0.461 e. The molecule has 3 aromatic rings. The number of aryl methyl sites for hydroxylation is 1. The lowest BCUT2D eigenvalue weighted by Crippen LogP contribution is -2.30. The molecule has 0 radical (unpaired) electrons. The molecule has 0 N–H and O–H groups in total. The number of benzene rings is 1. The third-order valence-electron chi connectivity index (χ3n) is 7.70. The Balaban J connectivity index is 1.30. The number of ketones is 1. The van der Waals surface area contributed by atoms with Crippen LogP contribution >= 0.6 is 0 Å². The number of furan rings is 1. The van der Waals surface area contributed by atoms with E-state index in [1.54, 1.807) is 18.3 Å². The molecule has 0 spiro atoms. The van der Waals surface area contributed by atoms with Crippen LogP contribution in [0.2, 0.25) is 0 Å². The lowest BCUT2D eigenvalue weighted by atomic mass is 9.79. The Kier molecular flexibility index (Phi) is 7.43. The molecule has 2 aliphatic rings. The van der Waals surface area contributed by atoms with Crippen LogP contribution in [0.15, 0.2) is 53.1 Å². The van der Waals surface area contributed by atoms with Gasteiger partial charge in [-0.25, -0.2) is 4.39 Å². The van der Waals surface area contributed by atoms with Crippen LogP contribution in [0.1, 0.15) is 74.3 Å². The summed E-state index contributed by atoms with van der Waals surface area (Å²) >= 11 is 0. The van der Waals surface area contributed by atoms with Gasteiger partial charge in [0.1, 0.15) is 22.9 Å². The van der Waals surface area contributed by atoms with E-state index in [2.05, 4.69) is 16.0 Å². The molecule has 4 nitrogen and oxygen atoms in total. The third-order valence-corrected chi connectivity index (χ3v) is 7.70. The van der Waals surface area contributed by atoms with E-state index >= 15 is 0 Å². The number of carbonyl (C=O) groups excluding carboxylic acids is 1. The van der Waals surface area contributed by atoms with Crippen molar-refractivity contribution < 1.29 is 13.6 Å². The second kappa shape index (κ2) is 10.9. The molecule has 1 unspecified atom stereocenters. The molecule has 1 atom stereocenters. The molecule has 5 rings (SSSR count). The van der Waals surface area contributed by atoms with Crippen LogP contribution in [0.25, 0.3) is 16.5 Å². The Morgan fingerprint density at radius 2 is 2.03 bits per heavy atom. The van der Waals surface area contributed by atoms with Crippen molar-refractivity contribution in [1.82, 2.24) is 9.88 Å². The average molecular weight is 475 g/mol. The quantitative estimate of drug-likeness (QED) is 0.367. The van der Waals surface area contributed by atoms with E-state index in [1.807, 2.05) is 31.2 Å². The first-order valence-corrected chi connectivity index (χ1v) is 13.1. The van der Waals surface area contributed by atoms with Crippen molar-refractivity contribution in [2.24, 2.45) is 5.92 Å². The molecule has 0 bridgehead atoms. The molecular weight excluding hydrogens is 439 g/mol. The maximum atomic E-state index is 14.3. The summed E-state index contributed by atoms with van der Waals surface area (Å²) in [4.78, 5) is 20.5. The number of rotatable bonds is 7. The number of nitrogens with zero attached hydrogens (tertiary/aromatic N) is 2. The van der Waals surface area contributed by atoms with Gasteiger partial charge in [0.05, 0.1) is 11.6 Å². The lowest BCUT2D eigenvalue weighted by Gasteiger charge is -2.27. The van der Waals surface area contributed by atoms with Crippen molar-refractivity contribution in [3.63, 3.8) is 0 Å². The van der Waals surface area contributed by atoms with Gasteiger partial charge in [0.2, 0.25) is 0 Å². The summed E-state index contributed by atoms with van der Waals surface area (Å²) in [6.07, 6.45) is 12.3. The van der Waals surface area contributed by atoms with Crippen LogP contribution < -0.4 is 0 Å². The summed E-state index contributed by atoms with van der Waals surface area (Å²) in [6, 6.07) is 10.9. The summed E-state index contributed by atoms with van der Waals surface area (Å²) in [7, 11) is 0. The number of aromatic nitrogens is 1. The Labute approximate surface area is 207 Å². The number of hydrogen-bond donors (Lipinski definition) is 0. The molecule has 1 aliphatic carbocycles. The highest BCUT2D eigenvalue weighted by Gasteiger charge is 2.30. The zero-order valence-electron chi connectivity index (χ0n) is 20.6. The van der Waals surface area contributed by atoms with Crippen LogP contribution in [0.5, 0.6) is 0 Å². The van der Waals surface area contributed by atoms with Gasteiger partial charge in [-0.05, 0) is 88.0 Å². The number of allylic oxidation sites excluding steroid dienone is 1.